The standard InChI is InChI=1S/C41H52O6/c1-41(34-21-25-36(26-22-34)44-30-38-32-46-38,35-23-27-37(28-24-35)45-31-39-33-47-39)29-19-17-15-13-11-9-7-5-3-2-4-6-8-10-12-14-16-18-20-40(42)43/h2,4,6,8,10,12,14,16,18,20-28,38-39H,3,5,7,9,11,13,15,17,19,29-33H2,1H3,(H,42,43). The van der Waals surface area contributed by atoms with Gasteiger partial charge in [-0.15, -0.1) is 0 Å². The summed E-state index contributed by atoms with van der Waals surface area (Å²) in [5.41, 5.74) is 2.54. The molecule has 0 aliphatic carbocycles. The van der Waals surface area contributed by atoms with Crippen LogP contribution in [0.3, 0.4) is 0 Å². The predicted octanol–water partition coefficient (Wildman–Crippen LogP) is 9.31. The Morgan fingerprint density at radius 2 is 1.11 bits per heavy atom. The van der Waals surface area contributed by atoms with E-state index in [-0.39, 0.29) is 17.6 Å². The number of benzene rings is 2. The Morgan fingerprint density at radius 3 is 1.57 bits per heavy atom. The van der Waals surface area contributed by atoms with Crippen LogP contribution in [-0.4, -0.2) is 49.7 Å². The van der Waals surface area contributed by atoms with Crippen LogP contribution in [0.1, 0.15) is 82.3 Å². The largest absolute Gasteiger partial charge is 0.491 e. The van der Waals surface area contributed by atoms with Crippen molar-refractivity contribution in [3.63, 3.8) is 0 Å². The Morgan fingerprint density at radius 1 is 0.681 bits per heavy atom. The number of rotatable bonds is 24. The maximum atomic E-state index is 10.4. The summed E-state index contributed by atoms with van der Waals surface area (Å²) in [7, 11) is 0. The maximum Gasteiger partial charge on any atom is 0.328 e. The average Bonchev–Trinajstić information content (AvgIpc) is 4.02. The molecular weight excluding hydrogens is 588 g/mol. The molecule has 0 saturated carbocycles. The lowest BCUT2D eigenvalue weighted by Gasteiger charge is -2.31. The van der Waals surface area contributed by atoms with E-state index in [0.717, 1.165) is 43.6 Å². The van der Waals surface area contributed by atoms with Gasteiger partial charge in [0.25, 0.3) is 0 Å². The molecule has 4 rings (SSSR count). The van der Waals surface area contributed by atoms with Crippen molar-refractivity contribution in [1.82, 2.24) is 0 Å². The molecule has 2 aromatic carbocycles. The minimum Gasteiger partial charge on any atom is -0.491 e. The van der Waals surface area contributed by atoms with Crippen molar-refractivity contribution in [2.75, 3.05) is 26.4 Å². The first-order valence-electron chi connectivity index (χ1n) is 17.3. The van der Waals surface area contributed by atoms with Gasteiger partial charge in [0.05, 0.1) is 13.2 Å². The summed E-state index contributed by atoms with van der Waals surface area (Å²) in [5.74, 6) is 0.853. The van der Waals surface area contributed by atoms with Crippen LogP contribution in [0.4, 0.5) is 0 Å². The number of aliphatic carboxylic acids is 1. The summed E-state index contributed by atoms with van der Waals surface area (Å²) in [6, 6.07) is 17.3. The van der Waals surface area contributed by atoms with Gasteiger partial charge in [0.1, 0.15) is 36.9 Å². The lowest BCUT2D eigenvalue weighted by molar-refractivity contribution is -0.131. The molecule has 0 aromatic heterocycles. The van der Waals surface area contributed by atoms with E-state index in [9.17, 15) is 4.79 Å². The van der Waals surface area contributed by atoms with E-state index in [4.69, 9.17) is 24.1 Å². The van der Waals surface area contributed by atoms with Crippen molar-refractivity contribution in [3.8, 4) is 11.5 Å². The molecule has 47 heavy (non-hydrogen) atoms. The van der Waals surface area contributed by atoms with E-state index in [1.807, 2.05) is 24.3 Å². The maximum absolute atomic E-state index is 10.4. The number of epoxide rings is 2. The average molecular weight is 641 g/mol. The first-order chi connectivity index (χ1) is 23.0. The zero-order chi connectivity index (χ0) is 33.0. The molecule has 6 heteroatoms. The summed E-state index contributed by atoms with van der Waals surface area (Å²) in [5, 5.41) is 8.53. The van der Waals surface area contributed by atoms with Crippen LogP contribution in [0.2, 0.25) is 0 Å². The molecule has 252 valence electrons. The summed E-state index contributed by atoms with van der Waals surface area (Å²) >= 11 is 0. The fourth-order valence-corrected chi connectivity index (χ4v) is 5.50. The lowest BCUT2D eigenvalue weighted by atomic mass is 9.72. The number of allylic oxidation sites excluding steroid dienone is 9. The van der Waals surface area contributed by atoms with Crippen molar-refractivity contribution < 1.29 is 28.8 Å². The molecule has 0 radical (unpaired) electrons. The highest BCUT2D eigenvalue weighted by molar-refractivity contribution is 5.80. The third-order valence-corrected chi connectivity index (χ3v) is 8.61. The number of unbranched alkanes of at least 4 members (excludes halogenated alkanes) is 8. The Labute approximate surface area is 281 Å². The van der Waals surface area contributed by atoms with E-state index < -0.39 is 5.97 Å². The molecule has 2 fully saturated rings. The van der Waals surface area contributed by atoms with Crippen LogP contribution < -0.4 is 9.47 Å². The molecule has 6 nitrogen and oxygen atoms in total. The molecule has 2 aromatic rings. The Kier molecular flexibility index (Phi) is 15.6. The van der Waals surface area contributed by atoms with Gasteiger partial charge in [0.2, 0.25) is 0 Å². The Bertz CT molecular complexity index is 1270. The van der Waals surface area contributed by atoms with Crippen molar-refractivity contribution >= 4 is 5.97 Å². The first-order valence-corrected chi connectivity index (χ1v) is 17.3. The summed E-state index contributed by atoms with van der Waals surface area (Å²) < 4.78 is 22.4. The zero-order valence-corrected chi connectivity index (χ0v) is 27.9. The monoisotopic (exact) mass is 640 g/mol. The molecule has 2 atom stereocenters. The highest BCUT2D eigenvalue weighted by Gasteiger charge is 2.29. The summed E-state index contributed by atoms with van der Waals surface area (Å²) in [6.07, 6.45) is 31.1. The molecule has 1 N–H and O–H groups in total. The molecule has 2 heterocycles. The number of hydrogen-bond donors (Lipinski definition) is 1. The van der Waals surface area contributed by atoms with Gasteiger partial charge in [0, 0.05) is 11.5 Å². The highest BCUT2D eigenvalue weighted by Crippen LogP contribution is 2.38. The second-order valence-electron chi connectivity index (χ2n) is 12.6. The van der Waals surface area contributed by atoms with Gasteiger partial charge in [-0.3, -0.25) is 0 Å². The minimum atomic E-state index is -0.941. The van der Waals surface area contributed by atoms with Crippen molar-refractivity contribution in [1.29, 1.82) is 0 Å². The number of ether oxygens (including phenoxy) is 4. The van der Waals surface area contributed by atoms with Gasteiger partial charge in [-0.1, -0.05) is 131 Å². The van der Waals surface area contributed by atoms with E-state index in [0.29, 0.717) is 13.2 Å². The zero-order valence-electron chi connectivity index (χ0n) is 27.9. The van der Waals surface area contributed by atoms with Gasteiger partial charge >= 0.3 is 5.97 Å². The number of carboxylic acid groups (broad SMARTS) is 1. The van der Waals surface area contributed by atoms with Gasteiger partial charge in [-0.25, -0.2) is 4.79 Å². The van der Waals surface area contributed by atoms with Crippen LogP contribution in [0.5, 0.6) is 11.5 Å². The van der Waals surface area contributed by atoms with Crippen LogP contribution >= 0.6 is 0 Å². The van der Waals surface area contributed by atoms with Gasteiger partial charge in [-0.2, -0.15) is 0 Å². The van der Waals surface area contributed by atoms with Crippen LogP contribution in [-0.2, 0) is 19.7 Å². The third kappa shape index (κ3) is 14.6. The SMILES string of the molecule is CC(CCCCCCCCCCC=CC=CC=CC=CC=CC(=O)O)(c1ccc(OCC2CO2)cc1)c1ccc(OCC2CO2)cc1. The van der Waals surface area contributed by atoms with Crippen molar-refractivity contribution in [3.05, 3.63) is 120 Å². The minimum absolute atomic E-state index is 0.0901. The molecule has 0 bridgehead atoms. The molecule has 0 amide bonds. The van der Waals surface area contributed by atoms with Crippen molar-refractivity contribution in [2.45, 2.75) is 88.8 Å². The molecule has 2 unspecified atom stereocenters. The second-order valence-corrected chi connectivity index (χ2v) is 12.6. The van der Waals surface area contributed by atoms with Gasteiger partial charge < -0.3 is 24.1 Å². The number of carbonyl (C=O) groups is 1. The fraction of sp³-hybridized carbons (Fsp3) is 0.439. The molecule has 0 spiro atoms. The fourth-order valence-electron chi connectivity index (χ4n) is 5.50. The summed E-state index contributed by atoms with van der Waals surface area (Å²) in [6.45, 7) is 5.22. The van der Waals surface area contributed by atoms with Crippen molar-refractivity contribution in [2.24, 2.45) is 0 Å². The lowest BCUT2D eigenvalue weighted by Crippen LogP contribution is -2.23. The molecule has 2 aliphatic rings. The second kappa shape index (κ2) is 20.4. The summed E-state index contributed by atoms with van der Waals surface area (Å²) in [4.78, 5) is 10.4. The molecule has 2 aliphatic heterocycles. The normalized spacial score (nSPS) is 18.9. The van der Waals surface area contributed by atoms with Crippen LogP contribution in [0.15, 0.2) is 109 Å². The number of hydrogen-bond acceptors (Lipinski definition) is 5. The Hall–Kier alpha value is -3.87. The van der Waals surface area contributed by atoms with Crippen LogP contribution in [0.25, 0.3) is 0 Å². The van der Waals surface area contributed by atoms with Gasteiger partial charge in [0.15, 0.2) is 0 Å². The van der Waals surface area contributed by atoms with E-state index in [1.165, 1.54) is 68.6 Å². The predicted molar refractivity (Wildman–Crippen MR) is 189 cm³/mol. The van der Waals surface area contributed by atoms with E-state index >= 15 is 0 Å². The van der Waals surface area contributed by atoms with E-state index in [2.05, 4.69) is 67.6 Å². The first kappa shape index (κ1) is 36.0. The van der Waals surface area contributed by atoms with E-state index in [1.54, 1.807) is 12.2 Å². The highest BCUT2D eigenvalue weighted by atomic mass is 16.6. The quantitative estimate of drug-likeness (QED) is 0.0533. The van der Waals surface area contributed by atoms with Gasteiger partial charge in [-0.05, 0) is 54.7 Å². The molecule has 2 saturated heterocycles. The third-order valence-electron chi connectivity index (χ3n) is 8.61. The molecular formula is C41H52O6. The Balaban J connectivity index is 1.12. The van der Waals surface area contributed by atoms with Crippen LogP contribution in [0, 0.1) is 0 Å². The number of carboxylic acids is 1. The topological polar surface area (TPSA) is 80.8 Å². The smallest absolute Gasteiger partial charge is 0.328 e.